The summed E-state index contributed by atoms with van der Waals surface area (Å²) < 4.78 is 124. The number of alkyl halides is 6. The molecule has 0 amide bonds. The minimum Gasteiger partial charge on any atom is -0.421 e. The Hall–Kier alpha value is -1.43. The first kappa shape index (κ1) is 27.6. The molecule has 0 aliphatic heterocycles. The molecule has 1 heterocycles. The van der Waals surface area contributed by atoms with Crippen LogP contribution in [-0.4, -0.2) is 58.8 Å². The number of ether oxygens (including phenoxy) is 2. The average Bonchev–Trinajstić information content (AvgIpc) is 2.93. The number of rotatable bonds is 9. The summed E-state index contributed by atoms with van der Waals surface area (Å²) in [6.45, 7) is 5.75. The molecule has 0 aliphatic carbocycles. The molecule has 1 aromatic rings. The molecule has 0 aromatic carbocycles. The minimum atomic E-state index is -6.72. The van der Waals surface area contributed by atoms with E-state index in [1.54, 1.807) is 0 Å². The Balaban J connectivity index is 0.000000541. The Kier molecular flexibility index (Phi) is 10.5. The number of aromatic nitrogens is 2. The Morgan fingerprint density at radius 3 is 1.79 bits per heavy atom. The van der Waals surface area contributed by atoms with E-state index in [9.17, 15) is 43.2 Å². The summed E-state index contributed by atoms with van der Waals surface area (Å²) in [5.74, 6) is 0. The minimum absolute atomic E-state index is 0.682. The lowest BCUT2D eigenvalue weighted by atomic mass is 10.6. The Labute approximate surface area is 163 Å². The summed E-state index contributed by atoms with van der Waals surface area (Å²) in [5, 5.41) is 0. The first-order valence-corrected chi connectivity index (χ1v) is 10.4. The van der Waals surface area contributed by atoms with Crippen molar-refractivity contribution in [2.75, 3.05) is 26.4 Å². The molecule has 0 spiro atoms. The van der Waals surface area contributed by atoms with Crippen molar-refractivity contribution in [3.8, 4) is 0 Å². The van der Waals surface area contributed by atoms with Crippen LogP contribution in [0, 0.1) is 0 Å². The fourth-order valence-corrected chi connectivity index (χ4v) is 3.09. The zero-order valence-corrected chi connectivity index (χ0v) is 16.8. The van der Waals surface area contributed by atoms with Crippen LogP contribution >= 0.6 is 0 Å². The lowest BCUT2D eigenvalue weighted by Gasteiger charge is -2.22. The number of nitrogens with zero attached hydrogens (tertiary/aromatic N) is 3. The molecular weight excluding hydrogens is 460 g/mol. The molecule has 1 aromatic heterocycles. The monoisotopic (exact) mass is 479 g/mol. The highest BCUT2D eigenvalue weighted by Crippen LogP contribution is 2.36. The third kappa shape index (κ3) is 10.2. The second kappa shape index (κ2) is 11.1. The maximum absolute atomic E-state index is 11.4. The SMILES string of the molecule is CCOCCOCCn1cc[n+](C)c1.O=S(=O)([N-]S(=O)(=O)C(F)(F)F)C(F)(F)F. The molecule has 17 heteroatoms. The van der Waals surface area contributed by atoms with Crippen molar-refractivity contribution in [1.82, 2.24) is 4.57 Å². The predicted octanol–water partition coefficient (Wildman–Crippen LogP) is 1.42. The quantitative estimate of drug-likeness (QED) is 0.301. The van der Waals surface area contributed by atoms with Crippen molar-refractivity contribution in [2.45, 2.75) is 24.5 Å². The van der Waals surface area contributed by atoms with Gasteiger partial charge in [0.05, 0.1) is 26.9 Å². The third-order valence-electron chi connectivity index (χ3n) is 2.67. The Morgan fingerprint density at radius 2 is 1.41 bits per heavy atom. The summed E-state index contributed by atoms with van der Waals surface area (Å²) in [6, 6.07) is 0. The van der Waals surface area contributed by atoms with Crippen LogP contribution in [0.4, 0.5) is 26.3 Å². The number of imidazole rings is 1. The lowest BCUT2D eigenvalue weighted by molar-refractivity contribution is -0.671. The summed E-state index contributed by atoms with van der Waals surface area (Å²) in [5.41, 5.74) is -12.4. The topological polar surface area (TPSA) is 110 Å². The number of aryl methyl sites for hydroxylation is 1. The van der Waals surface area contributed by atoms with Crippen molar-refractivity contribution < 1.29 is 57.2 Å². The highest BCUT2D eigenvalue weighted by Gasteiger charge is 2.46. The van der Waals surface area contributed by atoms with Crippen LogP contribution in [0.1, 0.15) is 6.92 Å². The van der Waals surface area contributed by atoms with Crippen LogP contribution in [0.5, 0.6) is 0 Å². The number of hydrogen-bond acceptors (Lipinski definition) is 6. The van der Waals surface area contributed by atoms with Gasteiger partial charge in [0.2, 0.25) is 6.33 Å². The van der Waals surface area contributed by atoms with E-state index in [0.717, 1.165) is 23.9 Å². The van der Waals surface area contributed by atoms with Gasteiger partial charge in [-0.15, -0.1) is 0 Å². The highest BCUT2D eigenvalue weighted by atomic mass is 32.3. The van der Waals surface area contributed by atoms with E-state index < -0.39 is 31.1 Å². The Bertz CT molecular complexity index is 778. The second-order valence-electron chi connectivity index (χ2n) is 5.04. The first-order valence-electron chi connectivity index (χ1n) is 7.57. The van der Waals surface area contributed by atoms with Gasteiger partial charge in [-0.3, -0.25) is 0 Å². The van der Waals surface area contributed by atoms with Crippen LogP contribution in [0.3, 0.4) is 0 Å². The van der Waals surface area contributed by atoms with Gasteiger partial charge in [0.25, 0.3) is 0 Å². The van der Waals surface area contributed by atoms with Gasteiger partial charge in [0.1, 0.15) is 18.9 Å². The maximum Gasteiger partial charge on any atom is 0.480 e. The third-order valence-corrected chi connectivity index (χ3v) is 5.41. The summed E-state index contributed by atoms with van der Waals surface area (Å²) >= 11 is 0. The molecule has 0 bridgehead atoms. The van der Waals surface area contributed by atoms with Gasteiger partial charge in [-0.2, -0.15) is 26.3 Å². The van der Waals surface area contributed by atoms with Crippen molar-refractivity contribution in [1.29, 1.82) is 0 Å². The van der Waals surface area contributed by atoms with E-state index in [4.69, 9.17) is 9.47 Å². The van der Waals surface area contributed by atoms with E-state index in [0.29, 0.717) is 13.2 Å². The van der Waals surface area contributed by atoms with Crippen molar-refractivity contribution in [2.24, 2.45) is 7.05 Å². The molecule has 9 nitrogen and oxygen atoms in total. The van der Waals surface area contributed by atoms with Gasteiger partial charge in [-0.1, -0.05) is 0 Å². The lowest BCUT2D eigenvalue weighted by Crippen LogP contribution is -2.30. The number of hydrogen-bond donors (Lipinski definition) is 0. The molecular formula is C12H19F6N3O6S2. The summed E-state index contributed by atoms with van der Waals surface area (Å²) in [6.07, 6.45) is 6.08. The number of sulfonamides is 2. The van der Waals surface area contributed by atoms with Crippen LogP contribution in [0.15, 0.2) is 18.7 Å². The Morgan fingerprint density at radius 1 is 0.931 bits per heavy atom. The zero-order chi connectivity index (χ0) is 22.9. The molecule has 172 valence electrons. The van der Waals surface area contributed by atoms with Gasteiger partial charge in [0.15, 0.2) is 20.0 Å². The average molecular weight is 479 g/mol. The van der Waals surface area contributed by atoms with Crippen molar-refractivity contribution in [3.63, 3.8) is 0 Å². The second-order valence-corrected chi connectivity index (χ2v) is 8.46. The molecule has 0 radical (unpaired) electrons. The molecule has 0 aliphatic rings. The normalized spacial score (nSPS) is 13.1. The molecule has 0 saturated carbocycles. The van der Waals surface area contributed by atoms with E-state index in [2.05, 4.69) is 4.57 Å². The molecule has 0 unspecified atom stereocenters. The van der Waals surface area contributed by atoms with Crippen molar-refractivity contribution in [3.05, 3.63) is 22.8 Å². The van der Waals surface area contributed by atoms with Crippen LogP contribution < -0.4 is 4.57 Å². The highest BCUT2D eigenvalue weighted by molar-refractivity contribution is 8.13. The van der Waals surface area contributed by atoms with E-state index in [1.165, 1.54) is 0 Å². The van der Waals surface area contributed by atoms with Gasteiger partial charge in [-0.25, -0.2) is 26.0 Å². The molecule has 0 N–H and O–H groups in total. The van der Waals surface area contributed by atoms with E-state index in [-0.39, 0.29) is 0 Å². The van der Waals surface area contributed by atoms with Crippen LogP contribution in [-0.2, 0) is 43.1 Å². The van der Waals surface area contributed by atoms with Crippen LogP contribution in [0.2, 0.25) is 0 Å². The number of halogens is 6. The maximum atomic E-state index is 11.4. The van der Waals surface area contributed by atoms with Crippen LogP contribution in [0.25, 0.3) is 4.13 Å². The molecule has 0 saturated heterocycles. The first-order chi connectivity index (χ1) is 13.0. The molecule has 0 fully saturated rings. The van der Waals surface area contributed by atoms with Gasteiger partial charge >= 0.3 is 11.0 Å². The zero-order valence-electron chi connectivity index (χ0n) is 15.1. The molecule has 1 rings (SSSR count). The summed E-state index contributed by atoms with van der Waals surface area (Å²) in [7, 11) is -11.4. The summed E-state index contributed by atoms with van der Waals surface area (Å²) in [4.78, 5) is 0. The van der Waals surface area contributed by atoms with Gasteiger partial charge < -0.3 is 13.6 Å². The molecule has 29 heavy (non-hydrogen) atoms. The molecule has 0 atom stereocenters. The van der Waals surface area contributed by atoms with E-state index >= 15 is 0 Å². The standard InChI is InChI=1S/C10H19N2O2.C2F6NO4S2/c1-3-13-8-9-14-7-6-12-5-4-11(2)10-12;3-1(4,5)14(10,11)9-15(12,13)2(6,7)8/h4-5,10H,3,6-9H2,1-2H3;/q+1;-1. The van der Waals surface area contributed by atoms with Gasteiger partial charge in [0, 0.05) is 6.61 Å². The smallest absolute Gasteiger partial charge is 0.421 e. The predicted molar refractivity (Wildman–Crippen MR) is 86.2 cm³/mol. The fraction of sp³-hybridized carbons (Fsp3) is 0.750. The van der Waals surface area contributed by atoms with Gasteiger partial charge in [-0.05, 0) is 6.92 Å². The largest absolute Gasteiger partial charge is 0.480 e. The van der Waals surface area contributed by atoms with E-state index in [1.807, 2.05) is 37.3 Å². The fourth-order valence-electron chi connectivity index (χ4n) is 1.38. The van der Waals surface area contributed by atoms with Crippen molar-refractivity contribution >= 4 is 20.0 Å².